The number of hydrogen-bond donors (Lipinski definition) is 1. The zero-order valence-electron chi connectivity index (χ0n) is 19.1. The van der Waals surface area contributed by atoms with Gasteiger partial charge in [-0.15, -0.1) is 0 Å². The molecule has 0 radical (unpaired) electrons. The zero-order valence-corrected chi connectivity index (χ0v) is 19.9. The summed E-state index contributed by atoms with van der Waals surface area (Å²) in [6.45, 7) is 2.97. The van der Waals surface area contributed by atoms with E-state index in [9.17, 15) is 13.0 Å². The second kappa shape index (κ2) is 18.9. The lowest BCUT2D eigenvalue weighted by molar-refractivity contribution is 0.377. The van der Waals surface area contributed by atoms with Gasteiger partial charge in [0.15, 0.2) is 0 Å². The van der Waals surface area contributed by atoms with Crippen molar-refractivity contribution in [2.75, 3.05) is 20.6 Å². The van der Waals surface area contributed by atoms with Crippen molar-refractivity contribution in [3.8, 4) is 0 Å². The van der Waals surface area contributed by atoms with Gasteiger partial charge in [-0.3, -0.25) is 4.55 Å². The predicted octanol–water partition coefficient (Wildman–Crippen LogP) is 6.85. The molecule has 0 rings (SSSR count). The van der Waals surface area contributed by atoms with Crippen molar-refractivity contribution in [3.63, 3.8) is 0 Å². The lowest BCUT2D eigenvalue weighted by Crippen LogP contribution is -2.26. The minimum Gasteiger partial charge on any atom is -0.309 e. The molecule has 4 nitrogen and oxygen atoms in total. The Kier molecular flexibility index (Phi) is 18.8. The van der Waals surface area contributed by atoms with Gasteiger partial charge in [-0.1, -0.05) is 110 Å². The largest absolute Gasteiger partial charge is 0.309 e. The molecule has 5 heteroatoms. The van der Waals surface area contributed by atoms with Crippen molar-refractivity contribution >= 4 is 10.1 Å². The zero-order chi connectivity index (χ0) is 21.1. The van der Waals surface area contributed by atoms with Crippen LogP contribution in [-0.2, 0) is 10.1 Å². The van der Waals surface area contributed by atoms with Crippen LogP contribution in [0.5, 0.6) is 0 Å². The third-order valence-corrected chi connectivity index (χ3v) is 7.01. The average Bonchev–Trinajstić information content (AvgIpc) is 2.62. The standard InChI is InChI=1S/C23H49NO3S/c1-4-5-6-7-8-9-10-11-12-13-14-15-16-17-18-19-20-23(28(25,26)27)21-22-24(2)3/h23H,4-22H2,1-3H3,(H,25,26,27). The van der Waals surface area contributed by atoms with Crippen LogP contribution in [0.15, 0.2) is 0 Å². The fourth-order valence-electron chi connectivity index (χ4n) is 3.76. The second-order valence-electron chi connectivity index (χ2n) is 8.82. The van der Waals surface area contributed by atoms with E-state index in [2.05, 4.69) is 6.92 Å². The molecule has 0 bridgehead atoms. The Labute approximate surface area is 176 Å². The summed E-state index contributed by atoms with van der Waals surface area (Å²) in [5.41, 5.74) is 0. The number of unbranched alkanes of at least 4 members (excludes halogenated alkanes) is 15. The van der Waals surface area contributed by atoms with Crippen LogP contribution in [0.25, 0.3) is 0 Å². The van der Waals surface area contributed by atoms with Gasteiger partial charge >= 0.3 is 0 Å². The fourth-order valence-corrected chi connectivity index (χ4v) is 4.63. The molecule has 28 heavy (non-hydrogen) atoms. The van der Waals surface area contributed by atoms with E-state index >= 15 is 0 Å². The summed E-state index contributed by atoms with van der Waals surface area (Å²) >= 11 is 0. The van der Waals surface area contributed by atoms with Crippen LogP contribution in [-0.4, -0.2) is 43.8 Å². The Morgan fingerprint density at radius 2 is 1.00 bits per heavy atom. The van der Waals surface area contributed by atoms with Crippen LogP contribution in [0.4, 0.5) is 0 Å². The highest BCUT2D eigenvalue weighted by molar-refractivity contribution is 7.86. The van der Waals surface area contributed by atoms with Gasteiger partial charge in [0.25, 0.3) is 10.1 Å². The molecule has 0 fully saturated rings. The van der Waals surface area contributed by atoms with E-state index in [1.807, 2.05) is 19.0 Å². The number of rotatable bonds is 21. The highest BCUT2D eigenvalue weighted by atomic mass is 32.2. The molecule has 170 valence electrons. The maximum atomic E-state index is 11.5. The van der Waals surface area contributed by atoms with E-state index in [0.717, 1.165) is 12.8 Å². The third-order valence-electron chi connectivity index (χ3n) is 5.70. The van der Waals surface area contributed by atoms with Crippen molar-refractivity contribution < 1.29 is 13.0 Å². The molecule has 0 aliphatic rings. The Morgan fingerprint density at radius 1 is 0.643 bits per heavy atom. The summed E-state index contributed by atoms with van der Waals surface area (Å²) in [7, 11) is -0.0554. The highest BCUT2D eigenvalue weighted by Crippen LogP contribution is 2.17. The average molecular weight is 420 g/mol. The number of nitrogens with zero attached hydrogens (tertiary/aromatic N) is 1. The first-order valence-corrected chi connectivity index (χ1v) is 13.5. The molecular formula is C23H49NO3S. The van der Waals surface area contributed by atoms with Crippen LogP contribution < -0.4 is 0 Å². The van der Waals surface area contributed by atoms with E-state index in [0.29, 0.717) is 19.4 Å². The summed E-state index contributed by atoms with van der Waals surface area (Å²) in [6.07, 6.45) is 22.2. The van der Waals surface area contributed by atoms with E-state index in [4.69, 9.17) is 0 Å². The minimum atomic E-state index is -3.91. The highest BCUT2D eigenvalue weighted by Gasteiger charge is 2.22. The van der Waals surface area contributed by atoms with Gasteiger partial charge in [-0.2, -0.15) is 8.42 Å². The van der Waals surface area contributed by atoms with E-state index < -0.39 is 15.4 Å². The molecule has 0 aromatic heterocycles. The second-order valence-corrected chi connectivity index (χ2v) is 10.5. The van der Waals surface area contributed by atoms with E-state index in [1.165, 1.54) is 89.9 Å². The summed E-state index contributed by atoms with van der Waals surface area (Å²) in [4.78, 5) is 1.96. The van der Waals surface area contributed by atoms with E-state index in [1.54, 1.807) is 0 Å². The maximum Gasteiger partial charge on any atom is 0.267 e. The minimum absolute atomic E-state index is 0.518. The first-order valence-electron chi connectivity index (χ1n) is 12.0. The Bertz CT molecular complexity index is 424. The van der Waals surface area contributed by atoms with Crippen LogP contribution in [0.1, 0.15) is 122 Å². The first kappa shape index (κ1) is 27.9. The van der Waals surface area contributed by atoms with Crippen LogP contribution in [0.3, 0.4) is 0 Å². The lowest BCUT2D eigenvalue weighted by atomic mass is 10.0. The van der Waals surface area contributed by atoms with Crippen LogP contribution >= 0.6 is 0 Å². The molecule has 1 atom stereocenters. The third kappa shape index (κ3) is 19.2. The maximum absolute atomic E-state index is 11.5. The first-order chi connectivity index (χ1) is 13.4. The van der Waals surface area contributed by atoms with Gasteiger partial charge in [-0.25, -0.2) is 0 Å². The van der Waals surface area contributed by atoms with Gasteiger partial charge < -0.3 is 4.90 Å². The predicted molar refractivity (Wildman–Crippen MR) is 123 cm³/mol. The molecule has 0 aliphatic carbocycles. The molecular weight excluding hydrogens is 370 g/mol. The molecule has 0 saturated heterocycles. The van der Waals surface area contributed by atoms with E-state index in [-0.39, 0.29) is 0 Å². The Morgan fingerprint density at radius 3 is 1.32 bits per heavy atom. The molecule has 0 aliphatic heterocycles. The molecule has 1 N–H and O–H groups in total. The molecule has 1 unspecified atom stereocenters. The van der Waals surface area contributed by atoms with Gasteiger partial charge in [0.1, 0.15) is 0 Å². The van der Waals surface area contributed by atoms with Crippen molar-refractivity contribution in [1.29, 1.82) is 0 Å². The molecule has 0 spiro atoms. The summed E-state index contributed by atoms with van der Waals surface area (Å²) in [6, 6.07) is 0. The molecule has 0 amide bonds. The summed E-state index contributed by atoms with van der Waals surface area (Å²) in [5.74, 6) is 0. The lowest BCUT2D eigenvalue weighted by Gasteiger charge is -2.16. The van der Waals surface area contributed by atoms with Gasteiger partial charge in [-0.05, 0) is 33.5 Å². The van der Waals surface area contributed by atoms with Crippen molar-refractivity contribution in [2.24, 2.45) is 0 Å². The normalized spacial score (nSPS) is 13.3. The quantitative estimate of drug-likeness (QED) is 0.163. The van der Waals surface area contributed by atoms with Gasteiger partial charge in [0.05, 0.1) is 5.25 Å². The van der Waals surface area contributed by atoms with Crippen molar-refractivity contribution in [3.05, 3.63) is 0 Å². The smallest absolute Gasteiger partial charge is 0.267 e. The fraction of sp³-hybridized carbons (Fsp3) is 1.00. The van der Waals surface area contributed by atoms with Crippen LogP contribution in [0, 0.1) is 0 Å². The number of hydrogen-bond acceptors (Lipinski definition) is 3. The molecule has 0 saturated carbocycles. The topological polar surface area (TPSA) is 57.6 Å². The Balaban J connectivity index is 3.42. The van der Waals surface area contributed by atoms with Crippen LogP contribution in [0.2, 0.25) is 0 Å². The van der Waals surface area contributed by atoms with Crippen molar-refractivity contribution in [2.45, 2.75) is 128 Å². The molecule has 0 heterocycles. The summed E-state index contributed by atoms with van der Waals surface area (Å²) < 4.78 is 32.3. The monoisotopic (exact) mass is 419 g/mol. The van der Waals surface area contributed by atoms with Gasteiger partial charge in [0, 0.05) is 0 Å². The van der Waals surface area contributed by atoms with Gasteiger partial charge in [0.2, 0.25) is 0 Å². The Hall–Kier alpha value is -0.130. The summed E-state index contributed by atoms with van der Waals surface area (Å²) in [5, 5.41) is -0.596. The SMILES string of the molecule is CCCCCCCCCCCCCCCCCCC(CCN(C)C)S(=O)(=O)O. The van der Waals surface area contributed by atoms with Crippen molar-refractivity contribution in [1.82, 2.24) is 4.90 Å². The molecule has 0 aromatic carbocycles. The molecule has 0 aromatic rings.